The number of aromatic nitrogens is 4. The molecule has 0 bridgehead atoms. The predicted octanol–water partition coefficient (Wildman–Crippen LogP) is 1.76. The molecule has 2 saturated heterocycles. The molecule has 0 radical (unpaired) electrons. The van der Waals surface area contributed by atoms with Crippen molar-refractivity contribution >= 4 is 17.0 Å². The third-order valence-electron chi connectivity index (χ3n) is 7.92. The zero-order valence-electron chi connectivity index (χ0n) is 18.1. The number of nitrogens with two attached hydrogens (primary N) is 1. The van der Waals surface area contributed by atoms with E-state index in [1.165, 1.54) is 0 Å². The van der Waals surface area contributed by atoms with Gasteiger partial charge in [0.15, 0.2) is 5.65 Å². The zero-order chi connectivity index (χ0) is 22.1. The number of fused-ring (bicyclic) bond motifs is 1. The number of aromatic amines is 2. The van der Waals surface area contributed by atoms with Gasteiger partial charge in [-0.25, -0.2) is 0 Å². The Morgan fingerprint density at radius 2 is 2.03 bits per heavy atom. The van der Waals surface area contributed by atoms with E-state index in [1.807, 2.05) is 19.1 Å². The normalized spacial score (nSPS) is 26.1. The highest BCUT2D eigenvalue weighted by molar-refractivity contribution is 5.80. The molecule has 3 fully saturated rings. The first kappa shape index (κ1) is 19.8. The smallest absolute Gasteiger partial charge is 0.263 e. The summed E-state index contributed by atoms with van der Waals surface area (Å²) in [6, 6.07) is 7.25. The van der Waals surface area contributed by atoms with Gasteiger partial charge in [-0.05, 0) is 50.3 Å². The minimum absolute atomic E-state index is 0.0149. The molecule has 2 atom stereocenters. The van der Waals surface area contributed by atoms with Gasteiger partial charge in [-0.1, -0.05) is 12.1 Å². The molecule has 3 aliphatic rings. The molecule has 0 unspecified atom stereocenters. The van der Waals surface area contributed by atoms with E-state index < -0.39 is 0 Å². The van der Waals surface area contributed by atoms with Gasteiger partial charge in [-0.3, -0.25) is 14.9 Å². The number of nitrogens with one attached hydrogen (secondary N) is 2. The summed E-state index contributed by atoms with van der Waals surface area (Å²) in [5.74, 6) is 0.780. The highest BCUT2D eigenvalue weighted by atomic mass is 16.5. The van der Waals surface area contributed by atoms with E-state index in [-0.39, 0.29) is 34.3 Å². The van der Waals surface area contributed by atoms with Crippen molar-refractivity contribution in [3.05, 3.63) is 45.9 Å². The van der Waals surface area contributed by atoms with Crippen LogP contribution in [-0.2, 0) is 10.2 Å². The van der Waals surface area contributed by atoms with Crippen molar-refractivity contribution in [2.75, 3.05) is 24.6 Å². The molecule has 6 rings (SSSR count). The minimum atomic E-state index is -0.347. The molecule has 168 valence electrons. The molecular formula is C23H28N6O3. The first-order valence-corrected chi connectivity index (χ1v) is 11.3. The van der Waals surface area contributed by atoms with Crippen molar-refractivity contribution in [3.8, 4) is 5.75 Å². The molecule has 1 saturated carbocycles. The number of phenolic OH excluding ortho intramolecular Hbond substituents is 1. The first-order chi connectivity index (χ1) is 15.4. The van der Waals surface area contributed by atoms with Crippen LogP contribution in [0, 0.1) is 5.41 Å². The van der Waals surface area contributed by atoms with Crippen LogP contribution in [0.4, 0.5) is 5.95 Å². The number of ether oxygens (including phenoxy) is 1. The lowest BCUT2D eigenvalue weighted by Crippen LogP contribution is -2.51. The van der Waals surface area contributed by atoms with E-state index in [0.717, 1.165) is 44.3 Å². The molecule has 5 N–H and O–H groups in total. The van der Waals surface area contributed by atoms with Crippen LogP contribution in [0.5, 0.6) is 5.75 Å². The SMILES string of the molecule is C[C@@H]1OCC2(CCN(c3nc4[nH]nc(C5(c6cccc(O)c6)CC5)c4c(=O)[nH]3)CC2)[C@@H]1N. The van der Waals surface area contributed by atoms with Crippen LogP contribution in [0.25, 0.3) is 11.0 Å². The summed E-state index contributed by atoms with van der Waals surface area (Å²) in [6.45, 7) is 4.28. The highest BCUT2D eigenvalue weighted by Gasteiger charge is 2.50. The molecule has 2 aliphatic heterocycles. The second kappa shape index (κ2) is 6.79. The Labute approximate surface area is 185 Å². The number of rotatable bonds is 3. The van der Waals surface area contributed by atoms with Gasteiger partial charge >= 0.3 is 0 Å². The van der Waals surface area contributed by atoms with Crippen molar-refractivity contribution in [1.29, 1.82) is 0 Å². The van der Waals surface area contributed by atoms with Gasteiger partial charge in [0.1, 0.15) is 11.1 Å². The number of piperidine rings is 1. The average Bonchev–Trinajstić information content (AvgIpc) is 3.42. The summed E-state index contributed by atoms with van der Waals surface area (Å²) in [7, 11) is 0. The van der Waals surface area contributed by atoms with Crippen LogP contribution in [0.3, 0.4) is 0 Å². The van der Waals surface area contributed by atoms with Crippen molar-refractivity contribution in [2.45, 2.75) is 50.2 Å². The number of nitrogens with zero attached hydrogens (tertiary/aromatic N) is 3. The number of H-pyrrole nitrogens is 2. The number of phenols is 1. The van der Waals surface area contributed by atoms with Crippen molar-refractivity contribution in [1.82, 2.24) is 20.2 Å². The Kier molecular flexibility index (Phi) is 4.19. The maximum absolute atomic E-state index is 13.2. The maximum Gasteiger partial charge on any atom is 0.263 e. The third-order valence-corrected chi connectivity index (χ3v) is 7.92. The lowest BCUT2D eigenvalue weighted by molar-refractivity contribution is 0.0973. The molecule has 2 aromatic heterocycles. The van der Waals surface area contributed by atoms with E-state index in [2.05, 4.69) is 20.1 Å². The van der Waals surface area contributed by atoms with Crippen LogP contribution in [0.1, 0.15) is 43.9 Å². The Bertz CT molecular complexity index is 1240. The van der Waals surface area contributed by atoms with Crippen molar-refractivity contribution in [3.63, 3.8) is 0 Å². The van der Waals surface area contributed by atoms with Gasteiger partial charge in [0.05, 0.1) is 18.4 Å². The van der Waals surface area contributed by atoms with Crippen molar-refractivity contribution in [2.24, 2.45) is 11.1 Å². The lowest BCUT2D eigenvalue weighted by Gasteiger charge is -2.41. The van der Waals surface area contributed by atoms with Gasteiger partial charge in [0.25, 0.3) is 5.56 Å². The third kappa shape index (κ3) is 2.80. The fraction of sp³-hybridized carbons (Fsp3) is 0.522. The van der Waals surface area contributed by atoms with Gasteiger partial charge < -0.3 is 20.5 Å². The van der Waals surface area contributed by atoms with E-state index in [1.54, 1.807) is 12.1 Å². The molecule has 1 aromatic carbocycles. The number of anilines is 1. The predicted molar refractivity (Wildman–Crippen MR) is 120 cm³/mol. The van der Waals surface area contributed by atoms with Crippen LogP contribution in [-0.4, -0.2) is 57.1 Å². The fourth-order valence-electron chi connectivity index (χ4n) is 5.65. The molecule has 9 heteroatoms. The van der Waals surface area contributed by atoms with Gasteiger partial charge in [0.2, 0.25) is 5.95 Å². The Morgan fingerprint density at radius 1 is 1.25 bits per heavy atom. The summed E-state index contributed by atoms with van der Waals surface area (Å²) in [6.07, 6.45) is 3.67. The fourth-order valence-corrected chi connectivity index (χ4v) is 5.65. The average molecular weight is 437 g/mol. The van der Waals surface area contributed by atoms with E-state index >= 15 is 0 Å². The molecule has 32 heavy (non-hydrogen) atoms. The van der Waals surface area contributed by atoms with Crippen LogP contribution >= 0.6 is 0 Å². The van der Waals surface area contributed by atoms with Gasteiger partial charge in [-0.2, -0.15) is 10.1 Å². The number of aromatic hydroxyl groups is 1. The van der Waals surface area contributed by atoms with Crippen LogP contribution in [0.2, 0.25) is 0 Å². The minimum Gasteiger partial charge on any atom is -0.508 e. The summed E-state index contributed by atoms with van der Waals surface area (Å²) < 4.78 is 5.81. The molecule has 1 aliphatic carbocycles. The van der Waals surface area contributed by atoms with E-state index in [4.69, 9.17) is 15.5 Å². The van der Waals surface area contributed by atoms with Gasteiger partial charge in [0, 0.05) is 30.0 Å². The standard InChI is InChI=1S/C23H28N6O3/c1-13-17(24)22(12-32-13)7-9-29(10-8-22)21-25-19-16(20(31)26-21)18(27-28-19)23(5-6-23)14-3-2-4-15(30)11-14/h2-4,11,13,17,30H,5-10,12,24H2,1H3,(H2,25,26,27,28,31)/t13-,17+/m0/s1. The number of hydrogen-bond acceptors (Lipinski definition) is 7. The second-order valence-electron chi connectivity index (χ2n) is 9.71. The van der Waals surface area contributed by atoms with Crippen LogP contribution in [0.15, 0.2) is 29.1 Å². The second-order valence-corrected chi connectivity index (χ2v) is 9.71. The Morgan fingerprint density at radius 3 is 2.69 bits per heavy atom. The van der Waals surface area contributed by atoms with Crippen molar-refractivity contribution < 1.29 is 9.84 Å². The first-order valence-electron chi connectivity index (χ1n) is 11.3. The van der Waals surface area contributed by atoms with E-state index in [0.29, 0.717) is 29.3 Å². The topological polar surface area (TPSA) is 133 Å². The molecule has 4 heterocycles. The Hall–Kier alpha value is -2.91. The molecular weight excluding hydrogens is 408 g/mol. The Balaban J connectivity index is 1.31. The number of hydrogen-bond donors (Lipinski definition) is 4. The highest BCUT2D eigenvalue weighted by Crippen LogP contribution is 2.54. The molecule has 9 nitrogen and oxygen atoms in total. The monoisotopic (exact) mass is 436 g/mol. The maximum atomic E-state index is 13.2. The lowest BCUT2D eigenvalue weighted by atomic mass is 9.73. The number of benzene rings is 1. The summed E-state index contributed by atoms with van der Waals surface area (Å²) >= 11 is 0. The largest absolute Gasteiger partial charge is 0.508 e. The quantitative estimate of drug-likeness (QED) is 0.492. The summed E-state index contributed by atoms with van der Waals surface area (Å²) in [5, 5.41) is 17.9. The summed E-state index contributed by atoms with van der Waals surface area (Å²) in [5.41, 5.74) is 8.09. The molecule has 3 aromatic rings. The van der Waals surface area contributed by atoms with E-state index in [9.17, 15) is 9.90 Å². The summed E-state index contributed by atoms with van der Waals surface area (Å²) in [4.78, 5) is 23.0. The van der Waals surface area contributed by atoms with Crippen LogP contribution < -0.4 is 16.2 Å². The molecule has 0 amide bonds. The zero-order valence-corrected chi connectivity index (χ0v) is 18.1. The molecule has 1 spiro atoms. The van der Waals surface area contributed by atoms with Gasteiger partial charge in [-0.15, -0.1) is 0 Å².